The van der Waals surface area contributed by atoms with Gasteiger partial charge in [0.2, 0.25) is 0 Å². The summed E-state index contributed by atoms with van der Waals surface area (Å²) in [5.74, 6) is 3.20. The number of hydrogen-bond acceptors (Lipinski definition) is 4. The summed E-state index contributed by atoms with van der Waals surface area (Å²) in [7, 11) is 5.16. The molecule has 1 aromatic carbocycles. The van der Waals surface area contributed by atoms with Gasteiger partial charge in [-0.25, -0.2) is 0 Å². The van der Waals surface area contributed by atoms with Crippen molar-refractivity contribution in [2.24, 2.45) is 0 Å². The van der Waals surface area contributed by atoms with Crippen LogP contribution in [0.4, 0.5) is 0 Å². The number of nitrogens with one attached hydrogen (secondary N) is 1. The standard InChI is InChI=1S/C15H18BrNO3/c1-9-5-7-12(20-9)14(17-2)10-6-8-11(18-3)13(16)15(10)19-4/h5-8,14,17H,1-4H3. The Kier molecular flexibility index (Phi) is 4.73. The molecule has 4 nitrogen and oxygen atoms in total. The lowest BCUT2D eigenvalue weighted by Crippen LogP contribution is -2.18. The lowest BCUT2D eigenvalue weighted by molar-refractivity contribution is 0.377. The minimum Gasteiger partial charge on any atom is -0.495 e. The number of methoxy groups -OCH3 is 2. The van der Waals surface area contributed by atoms with E-state index in [1.54, 1.807) is 14.2 Å². The van der Waals surface area contributed by atoms with Crippen LogP contribution in [0.15, 0.2) is 33.2 Å². The number of hydrogen-bond donors (Lipinski definition) is 1. The number of aryl methyl sites for hydroxylation is 1. The minimum absolute atomic E-state index is 0.0825. The molecule has 1 N–H and O–H groups in total. The van der Waals surface area contributed by atoms with Gasteiger partial charge in [0.1, 0.15) is 27.5 Å². The fourth-order valence-electron chi connectivity index (χ4n) is 2.20. The van der Waals surface area contributed by atoms with Crippen LogP contribution < -0.4 is 14.8 Å². The topological polar surface area (TPSA) is 43.6 Å². The van der Waals surface area contributed by atoms with Crippen molar-refractivity contribution < 1.29 is 13.9 Å². The first-order chi connectivity index (χ1) is 9.62. The molecule has 0 saturated carbocycles. The Morgan fingerprint density at radius 3 is 2.40 bits per heavy atom. The Bertz CT molecular complexity index is 595. The number of rotatable bonds is 5. The number of ether oxygens (including phenoxy) is 2. The summed E-state index contributed by atoms with van der Waals surface area (Å²) in [6.07, 6.45) is 0. The maximum Gasteiger partial charge on any atom is 0.142 e. The molecule has 20 heavy (non-hydrogen) atoms. The van der Waals surface area contributed by atoms with Gasteiger partial charge in [-0.05, 0) is 54.2 Å². The van der Waals surface area contributed by atoms with Crippen molar-refractivity contribution in [1.29, 1.82) is 0 Å². The van der Waals surface area contributed by atoms with E-state index in [-0.39, 0.29) is 6.04 Å². The third kappa shape index (κ3) is 2.69. The first kappa shape index (κ1) is 14.9. The Morgan fingerprint density at radius 1 is 1.15 bits per heavy atom. The van der Waals surface area contributed by atoms with E-state index in [4.69, 9.17) is 13.9 Å². The first-order valence-electron chi connectivity index (χ1n) is 6.26. The van der Waals surface area contributed by atoms with Gasteiger partial charge in [-0.15, -0.1) is 0 Å². The van der Waals surface area contributed by atoms with Crippen molar-refractivity contribution in [2.45, 2.75) is 13.0 Å². The van der Waals surface area contributed by atoms with Crippen LogP contribution in [0, 0.1) is 6.92 Å². The Balaban J connectivity index is 2.52. The zero-order valence-corrected chi connectivity index (χ0v) is 13.6. The highest BCUT2D eigenvalue weighted by Gasteiger charge is 2.22. The zero-order valence-electron chi connectivity index (χ0n) is 12.0. The summed E-state index contributed by atoms with van der Waals surface area (Å²) in [4.78, 5) is 0. The molecule has 0 saturated heterocycles. The number of halogens is 1. The molecule has 1 atom stereocenters. The lowest BCUT2D eigenvalue weighted by atomic mass is 10.0. The Hall–Kier alpha value is -1.46. The first-order valence-corrected chi connectivity index (χ1v) is 7.05. The van der Waals surface area contributed by atoms with Crippen LogP contribution in [0.3, 0.4) is 0 Å². The van der Waals surface area contributed by atoms with Gasteiger partial charge in [-0.2, -0.15) is 0 Å². The molecule has 108 valence electrons. The molecular formula is C15H18BrNO3. The highest BCUT2D eigenvalue weighted by molar-refractivity contribution is 9.10. The molecule has 0 fully saturated rings. The average Bonchev–Trinajstić information content (AvgIpc) is 2.86. The molecule has 1 unspecified atom stereocenters. The monoisotopic (exact) mass is 339 g/mol. The van der Waals surface area contributed by atoms with Crippen molar-refractivity contribution in [3.63, 3.8) is 0 Å². The van der Waals surface area contributed by atoms with E-state index in [9.17, 15) is 0 Å². The van der Waals surface area contributed by atoms with Crippen LogP contribution in [0.1, 0.15) is 23.1 Å². The fourth-order valence-corrected chi connectivity index (χ4v) is 2.89. The summed E-state index contributed by atoms with van der Waals surface area (Å²) in [6.45, 7) is 1.93. The second-order valence-corrected chi connectivity index (χ2v) is 5.17. The molecule has 5 heteroatoms. The Labute approximate surface area is 127 Å². The highest BCUT2D eigenvalue weighted by atomic mass is 79.9. The van der Waals surface area contributed by atoms with Crippen LogP contribution >= 0.6 is 15.9 Å². The summed E-state index contributed by atoms with van der Waals surface area (Å²) in [5.41, 5.74) is 0.983. The Morgan fingerprint density at radius 2 is 1.90 bits per heavy atom. The van der Waals surface area contributed by atoms with E-state index < -0.39 is 0 Å². The summed E-state index contributed by atoms with van der Waals surface area (Å²) in [6, 6.07) is 7.71. The van der Waals surface area contributed by atoms with Crippen LogP contribution in [0.2, 0.25) is 0 Å². The van der Waals surface area contributed by atoms with Crippen molar-refractivity contribution in [3.05, 3.63) is 45.8 Å². The summed E-state index contributed by atoms with van der Waals surface area (Å²) in [5, 5.41) is 3.25. The molecule has 2 aromatic rings. The van der Waals surface area contributed by atoms with Gasteiger partial charge in [0.25, 0.3) is 0 Å². The molecule has 2 rings (SSSR count). The van der Waals surface area contributed by atoms with E-state index in [1.807, 2.05) is 38.2 Å². The normalized spacial score (nSPS) is 12.2. The minimum atomic E-state index is -0.0825. The van der Waals surface area contributed by atoms with Gasteiger partial charge >= 0.3 is 0 Å². The molecule has 0 spiro atoms. The smallest absolute Gasteiger partial charge is 0.142 e. The highest BCUT2D eigenvalue weighted by Crippen LogP contribution is 2.41. The third-order valence-corrected chi connectivity index (χ3v) is 3.91. The zero-order chi connectivity index (χ0) is 14.7. The van der Waals surface area contributed by atoms with E-state index in [0.717, 1.165) is 33.1 Å². The van der Waals surface area contributed by atoms with E-state index in [0.29, 0.717) is 0 Å². The van der Waals surface area contributed by atoms with Crippen LogP contribution in [0.5, 0.6) is 11.5 Å². The van der Waals surface area contributed by atoms with Crippen LogP contribution in [-0.4, -0.2) is 21.3 Å². The predicted molar refractivity (Wildman–Crippen MR) is 81.6 cm³/mol. The molecule has 0 aliphatic carbocycles. The predicted octanol–water partition coefficient (Wildman–Crippen LogP) is 3.68. The molecule has 0 aliphatic heterocycles. The molecule has 1 heterocycles. The average molecular weight is 340 g/mol. The fraction of sp³-hybridized carbons (Fsp3) is 0.333. The van der Waals surface area contributed by atoms with Gasteiger partial charge in [0.15, 0.2) is 0 Å². The summed E-state index contributed by atoms with van der Waals surface area (Å²) < 4.78 is 17.3. The second kappa shape index (κ2) is 6.33. The van der Waals surface area contributed by atoms with Crippen molar-refractivity contribution in [1.82, 2.24) is 5.32 Å². The largest absolute Gasteiger partial charge is 0.495 e. The van der Waals surface area contributed by atoms with E-state index >= 15 is 0 Å². The lowest BCUT2D eigenvalue weighted by Gasteiger charge is -2.19. The van der Waals surface area contributed by atoms with Gasteiger partial charge in [-0.1, -0.05) is 0 Å². The number of furan rings is 1. The molecule has 0 bridgehead atoms. The molecule has 0 amide bonds. The van der Waals surface area contributed by atoms with Crippen molar-refractivity contribution in [2.75, 3.05) is 21.3 Å². The third-order valence-electron chi connectivity index (χ3n) is 3.16. The van der Waals surface area contributed by atoms with E-state index in [1.165, 1.54) is 0 Å². The van der Waals surface area contributed by atoms with Gasteiger partial charge in [0.05, 0.1) is 20.3 Å². The second-order valence-electron chi connectivity index (χ2n) is 4.37. The summed E-state index contributed by atoms with van der Waals surface area (Å²) >= 11 is 3.52. The molecule has 0 aliphatic rings. The molecule has 0 radical (unpaired) electrons. The van der Waals surface area contributed by atoms with Gasteiger partial charge in [-0.3, -0.25) is 0 Å². The molecular weight excluding hydrogens is 322 g/mol. The van der Waals surface area contributed by atoms with Crippen LogP contribution in [0.25, 0.3) is 0 Å². The van der Waals surface area contributed by atoms with Gasteiger partial charge in [0, 0.05) is 5.56 Å². The maximum atomic E-state index is 5.72. The van der Waals surface area contributed by atoms with Crippen molar-refractivity contribution in [3.8, 4) is 11.5 Å². The SMILES string of the molecule is CNC(c1ccc(C)o1)c1ccc(OC)c(Br)c1OC. The quantitative estimate of drug-likeness (QED) is 0.902. The number of benzene rings is 1. The van der Waals surface area contributed by atoms with Crippen molar-refractivity contribution >= 4 is 15.9 Å². The van der Waals surface area contributed by atoms with Gasteiger partial charge < -0.3 is 19.2 Å². The van der Waals surface area contributed by atoms with Crippen LogP contribution in [-0.2, 0) is 0 Å². The molecule has 1 aromatic heterocycles. The maximum absolute atomic E-state index is 5.72. The van der Waals surface area contributed by atoms with E-state index in [2.05, 4.69) is 21.2 Å².